The largest absolute Gasteiger partial charge is 0.384 e. The van der Waals surface area contributed by atoms with Crippen molar-refractivity contribution in [1.82, 2.24) is 0 Å². The van der Waals surface area contributed by atoms with Crippen molar-refractivity contribution in [3.63, 3.8) is 0 Å². The maximum absolute atomic E-state index is 12.9. The number of aliphatic hydroxyl groups excluding tert-OH is 2. The standard InChI is InChI=1S/C9H7ClFNO2/c10-8-5(2-1-3-6(8)11)9(14)7(13)4-12/h1-3,7,9,13-14H. The molecule has 0 aromatic heterocycles. The number of nitriles is 1. The molecule has 5 heteroatoms. The van der Waals surface area contributed by atoms with Gasteiger partial charge >= 0.3 is 0 Å². The number of hydrogen-bond acceptors (Lipinski definition) is 3. The molecular formula is C9H7ClFNO2. The van der Waals surface area contributed by atoms with Gasteiger partial charge in [-0.25, -0.2) is 4.39 Å². The van der Waals surface area contributed by atoms with Crippen LogP contribution in [0, 0.1) is 17.1 Å². The minimum absolute atomic E-state index is 0.000664. The summed E-state index contributed by atoms with van der Waals surface area (Å²) in [6.07, 6.45) is -3.11. The number of aliphatic hydroxyl groups is 2. The fourth-order valence-corrected chi connectivity index (χ4v) is 1.23. The second kappa shape index (κ2) is 4.38. The molecule has 0 radical (unpaired) electrons. The van der Waals surface area contributed by atoms with Crippen LogP contribution in [0.5, 0.6) is 0 Å². The third kappa shape index (κ3) is 2.02. The van der Waals surface area contributed by atoms with Crippen LogP contribution >= 0.6 is 11.6 Å². The Kier molecular flexibility index (Phi) is 3.42. The summed E-state index contributed by atoms with van der Waals surface area (Å²) in [6.45, 7) is 0. The smallest absolute Gasteiger partial charge is 0.170 e. The molecule has 2 unspecified atom stereocenters. The van der Waals surface area contributed by atoms with Crippen molar-refractivity contribution < 1.29 is 14.6 Å². The van der Waals surface area contributed by atoms with E-state index in [0.29, 0.717) is 0 Å². The average Bonchev–Trinajstić information content (AvgIpc) is 2.20. The maximum Gasteiger partial charge on any atom is 0.170 e. The highest BCUT2D eigenvalue weighted by atomic mass is 35.5. The van der Waals surface area contributed by atoms with Crippen LogP contribution in [-0.4, -0.2) is 16.3 Å². The van der Waals surface area contributed by atoms with E-state index < -0.39 is 18.0 Å². The Morgan fingerprint density at radius 1 is 1.43 bits per heavy atom. The Hall–Kier alpha value is -1.15. The van der Waals surface area contributed by atoms with Crippen molar-refractivity contribution in [2.24, 2.45) is 0 Å². The number of halogens is 2. The summed E-state index contributed by atoms with van der Waals surface area (Å²) in [5.74, 6) is -0.701. The molecule has 14 heavy (non-hydrogen) atoms. The predicted molar refractivity (Wildman–Crippen MR) is 48.0 cm³/mol. The molecular weight excluding hydrogens is 209 g/mol. The molecule has 0 saturated heterocycles. The van der Waals surface area contributed by atoms with E-state index in [1.165, 1.54) is 18.2 Å². The molecule has 0 amide bonds. The first-order valence-corrected chi connectivity index (χ1v) is 4.15. The molecule has 0 spiro atoms. The zero-order valence-corrected chi connectivity index (χ0v) is 7.74. The highest BCUT2D eigenvalue weighted by molar-refractivity contribution is 6.31. The van der Waals surface area contributed by atoms with Gasteiger partial charge in [0.15, 0.2) is 6.10 Å². The van der Waals surface area contributed by atoms with Crippen LogP contribution in [-0.2, 0) is 0 Å². The Morgan fingerprint density at radius 3 is 2.64 bits per heavy atom. The second-order valence-corrected chi connectivity index (χ2v) is 3.04. The van der Waals surface area contributed by atoms with E-state index in [-0.39, 0.29) is 10.6 Å². The summed E-state index contributed by atoms with van der Waals surface area (Å²) in [4.78, 5) is 0. The molecule has 0 aliphatic heterocycles. The quantitative estimate of drug-likeness (QED) is 0.733. The van der Waals surface area contributed by atoms with Gasteiger partial charge in [-0.05, 0) is 6.07 Å². The van der Waals surface area contributed by atoms with E-state index in [1.54, 1.807) is 0 Å². The van der Waals surface area contributed by atoms with Crippen LogP contribution < -0.4 is 0 Å². The van der Waals surface area contributed by atoms with Gasteiger partial charge in [-0.2, -0.15) is 5.26 Å². The first kappa shape index (κ1) is 10.9. The lowest BCUT2D eigenvalue weighted by Gasteiger charge is -2.13. The van der Waals surface area contributed by atoms with Crippen LogP contribution in [0.2, 0.25) is 5.02 Å². The fourth-order valence-electron chi connectivity index (χ4n) is 0.990. The molecule has 1 aromatic carbocycles. The highest BCUT2D eigenvalue weighted by Gasteiger charge is 2.21. The van der Waals surface area contributed by atoms with Crippen LogP contribution in [0.4, 0.5) is 4.39 Å². The van der Waals surface area contributed by atoms with Gasteiger partial charge in [0, 0.05) is 5.56 Å². The molecule has 1 rings (SSSR count). The van der Waals surface area contributed by atoms with E-state index in [4.69, 9.17) is 22.0 Å². The summed E-state index contributed by atoms with van der Waals surface area (Å²) in [7, 11) is 0. The minimum atomic E-state index is -1.62. The normalized spacial score (nSPS) is 14.5. The predicted octanol–water partition coefficient (Wildman–Crippen LogP) is 1.40. The number of hydrogen-bond donors (Lipinski definition) is 2. The third-order valence-electron chi connectivity index (χ3n) is 1.73. The molecule has 0 aliphatic carbocycles. The summed E-state index contributed by atoms with van der Waals surface area (Å²) >= 11 is 5.53. The van der Waals surface area contributed by atoms with Crippen LogP contribution in [0.3, 0.4) is 0 Å². The molecule has 2 N–H and O–H groups in total. The topological polar surface area (TPSA) is 64.2 Å². The van der Waals surface area contributed by atoms with Gasteiger partial charge in [-0.1, -0.05) is 23.7 Å². The monoisotopic (exact) mass is 215 g/mol. The lowest BCUT2D eigenvalue weighted by atomic mass is 10.1. The van der Waals surface area contributed by atoms with Crippen LogP contribution in [0.1, 0.15) is 11.7 Å². The molecule has 0 fully saturated rings. The van der Waals surface area contributed by atoms with Gasteiger partial charge in [0.25, 0.3) is 0 Å². The molecule has 1 aromatic rings. The van der Waals surface area contributed by atoms with Crippen LogP contribution in [0.25, 0.3) is 0 Å². The molecule has 74 valence electrons. The molecule has 2 atom stereocenters. The molecule has 0 bridgehead atoms. The maximum atomic E-state index is 12.9. The van der Waals surface area contributed by atoms with Crippen molar-refractivity contribution in [1.29, 1.82) is 5.26 Å². The van der Waals surface area contributed by atoms with E-state index in [1.807, 2.05) is 0 Å². The van der Waals surface area contributed by atoms with Crippen molar-refractivity contribution in [3.8, 4) is 6.07 Å². The Morgan fingerprint density at radius 2 is 2.07 bits per heavy atom. The van der Waals surface area contributed by atoms with Gasteiger partial charge in [-0.3, -0.25) is 0 Å². The Labute approximate surface area is 85.0 Å². The van der Waals surface area contributed by atoms with Crippen molar-refractivity contribution in [2.75, 3.05) is 0 Å². The lowest BCUT2D eigenvalue weighted by Crippen LogP contribution is -2.16. The third-order valence-corrected chi connectivity index (χ3v) is 2.13. The second-order valence-electron chi connectivity index (χ2n) is 2.66. The summed E-state index contributed by atoms with van der Waals surface area (Å²) in [6, 6.07) is 5.24. The van der Waals surface area contributed by atoms with Gasteiger partial charge in [0.1, 0.15) is 11.9 Å². The number of rotatable bonds is 2. The SMILES string of the molecule is N#CC(O)C(O)c1cccc(F)c1Cl. The number of benzene rings is 1. The Bertz CT molecular complexity index is 378. The van der Waals surface area contributed by atoms with Gasteiger partial charge < -0.3 is 10.2 Å². The Balaban J connectivity index is 3.08. The van der Waals surface area contributed by atoms with Gasteiger partial charge in [-0.15, -0.1) is 0 Å². The van der Waals surface area contributed by atoms with E-state index in [9.17, 15) is 9.50 Å². The van der Waals surface area contributed by atoms with E-state index in [2.05, 4.69) is 0 Å². The van der Waals surface area contributed by atoms with Crippen molar-refractivity contribution in [3.05, 3.63) is 34.6 Å². The molecule has 0 aliphatic rings. The minimum Gasteiger partial charge on any atom is -0.384 e. The lowest BCUT2D eigenvalue weighted by molar-refractivity contribution is 0.0527. The van der Waals surface area contributed by atoms with Gasteiger partial charge in [0.2, 0.25) is 0 Å². The summed E-state index contributed by atoms with van der Waals surface area (Å²) in [5.41, 5.74) is 0.000664. The molecule has 0 heterocycles. The van der Waals surface area contributed by atoms with E-state index >= 15 is 0 Å². The van der Waals surface area contributed by atoms with Crippen molar-refractivity contribution in [2.45, 2.75) is 12.2 Å². The highest BCUT2D eigenvalue weighted by Crippen LogP contribution is 2.27. The first-order chi connectivity index (χ1) is 6.57. The first-order valence-electron chi connectivity index (χ1n) is 3.77. The zero-order chi connectivity index (χ0) is 10.7. The number of nitrogens with zero attached hydrogens (tertiary/aromatic N) is 1. The molecule has 0 saturated carbocycles. The van der Waals surface area contributed by atoms with Crippen molar-refractivity contribution >= 4 is 11.6 Å². The van der Waals surface area contributed by atoms with Gasteiger partial charge in [0.05, 0.1) is 11.1 Å². The van der Waals surface area contributed by atoms with Crippen LogP contribution in [0.15, 0.2) is 18.2 Å². The summed E-state index contributed by atoms with van der Waals surface area (Å²) < 4.78 is 12.9. The molecule has 3 nitrogen and oxygen atoms in total. The van der Waals surface area contributed by atoms with E-state index in [0.717, 1.165) is 6.07 Å². The fraction of sp³-hybridized carbons (Fsp3) is 0.222. The summed E-state index contributed by atoms with van der Waals surface area (Å²) in [5, 5.41) is 26.4. The average molecular weight is 216 g/mol. The zero-order valence-electron chi connectivity index (χ0n) is 6.98.